The minimum absolute atomic E-state index is 0.130. The average molecular weight is 385 g/mol. The zero-order valence-corrected chi connectivity index (χ0v) is 16.0. The predicted molar refractivity (Wildman–Crippen MR) is 107 cm³/mol. The molecule has 3 aromatic rings. The highest BCUT2D eigenvalue weighted by Gasteiger charge is 2.25. The van der Waals surface area contributed by atoms with Gasteiger partial charge in [-0.3, -0.25) is 9.20 Å². The molecule has 140 valence electrons. The zero-order valence-electron chi connectivity index (χ0n) is 15.2. The molecule has 6 nitrogen and oxygen atoms in total. The lowest BCUT2D eigenvalue weighted by Gasteiger charge is -2.37. The number of halogens is 1. The summed E-state index contributed by atoms with van der Waals surface area (Å²) < 4.78 is 7.52. The number of imidazole rings is 1. The maximum Gasteiger partial charge on any atom is 0.275 e. The van der Waals surface area contributed by atoms with E-state index in [1.807, 2.05) is 42.5 Å². The van der Waals surface area contributed by atoms with Crippen molar-refractivity contribution in [3.63, 3.8) is 0 Å². The second-order valence-electron chi connectivity index (χ2n) is 6.81. The second-order valence-corrected chi connectivity index (χ2v) is 7.17. The van der Waals surface area contributed by atoms with Gasteiger partial charge in [-0.1, -0.05) is 29.8 Å². The number of nitrogens with zero attached hydrogens (tertiary/aromatic N) is 3. The average Bonchev–Trinajstić information content (AvgIpc) is 2.97. The van der Waals surface area contributed by atoms with Crippen LogP contribution in [0.15, 0.2) is 48.7 Å². The molecule has 1 aliphatic heterocycles. The van der Waals surface area contributed by atoms with Gasteiger partial charge in [-0.2, -0.15) is 0 Å². The normalized spacial score (nSPS) is 20.0. The van der Waals surface area contributed by atoms with E-state index >= 15 is 0 Å². The molecule has 0 spiro atoms. The Balaban J connectivity index is 1.65. The first-order chi connectivity index (χ1) is 13.0. The van der Waals surface area contributed by atoms with Crippen molar-refractivity contribution in [2.75, 3.05) is 23.3 Å². The molecule has 1 amide bonds. The first-order valence-electron chi connectivity index (χ1n) is 8.96. The Morgan fingerprint density at radius 2 is 1.85 bits per heavy atom. The van der Waals surface area contributed by atoms with Crippen LogP contribution in [0.1, 0.15) is 24.3 Å². The molecule has 2 atom stereocenters. The van der Waals surface area contributed by atoms with E-state index in [9.17, 15) is 4.79 Å². The third-order valence-electron chi connectivity index (χ3n) is 4.62. The van der Waals surface area contributed by atoms with Crippen LogP contribution in [0.2, 0.25) is 5.15 Å². The molecule has 0 radical (unpaired) electrons. The van der Waals surface area contributed by atoms with Crippen molar-refractivity contribution in [2.45, 2.75) is 26.1 Å². The third kappa shape index (κ3) is 3.50. The van der Waals surface area contributed by atoms with Crippen molar-refractivity contribution in [2.24, 2.45) is 0 Å². The Labute approximate surface area is 162 Å². The molecule has 0 unspecified atom stereocenters. The van der Waals surface area contributed by atoms with Crippen molar-refractivity contribution in [3.05, 3.63) is 59.5 Å². The summed E-state index contributed by atoms with van der Waals surface area (Å²) in [5, 5.41) is 3.19. The van der Waals surface area contributed by atoms with Crippen LogP contribution in [0.5, 0.6) is 0 Å². The van der Waals surface area contributed by atoms with Gasteiger partial charge >= 0.3 is 0 Å². The molecule has 1 N–H and O–H groups in total. The third-order valence-corrected chi connectivity index (χ3v) is 4.88. The Hall–Kier alpha value is -2.57. The number of nitrogens with one attached hydrogen (secondary N) is 1. The van der Waals surface area contributed by atoms with Crippen molar-refractivity contribution in [1.82, 2.24) is 9.38 Å². The first-order valence-corrected chi connectivity index (χ1v) is 9.34. The largest absolute Gasteiger partial charge is 0.372 e. The van der Waals surface area contributed by atoms with Gasteiger partial charge in [-0.05, 0) is 38.1 Å². The van der Waals surface area contributed by atoms with Crippen molar-refractivity contribution in [1.29, 1.82) is 0 Å². The number of para-hydroxylation sites is 2. The molecular weight excluding hydrogens is 364 g/mol. The lowest BCUT2D eigenvalue weighted by Crippen LogP contribution is -2.45. The summed E-state index contributed by atoms with van der Waals surface area (Å²) in [4.78, 5) is 19.5. The van der Waals surface area contributed by atoms with E-state index in [-0.39, 0.29) is 23.3 Å². The monoisotopic (exact) mass is 384 g/mol. The summed E-state index contributed by atoms with van der Waals surface area (Å²) in [5.41, 5.74) is 2.67. The minimum Gasteiger partial charge on any atom is -0.372 e. The highest BCUT2D eigenvalue weighted by molar-refractivity contribution is 6.33. The van der Waals surface area contributed by atoms with E-state index in [0.717, 1.165) is 24.5 Å². The predicted octanol–water partition coefficient (Wildman–Crippen LogP) is 3.85. The summed E-state index contributed by atoms with van der Waals surface area (Å²) in [6.45, 7) is 5.66. The Kier molecular flexibility index (Phi) is 4.76. The number of aromatic nitrogens is 2. The lowest BCUT2D eigenvalue weighted by atomic mass is 10.1. The van der Waals surface area contributed by atoms with Crippen molar-refractivity contribution in [3.8, 4) is 0 Å². The molecular formula is C20H21ClN4O2. The van der Waals surface area contributed by atoms with Gasteiger partial charge in [0.2, 0.25) is 0 Å². The van der Waals surface area contributed by atoms with E-state index in [2.05, 4.69) is 29.0 Å². The van der Waals surface area contributed by atoms with Crippen LogP contribution in [-0.2, 0) is 4.74 Å². The highest BCUT2D eigenvalue weighted by atomic mass is 35.5. The number of hydrogen-bond donors (Lipinski definition) is 1. The minimum atomic E-state index is -0.291. The van der Waals surface area contributed by atoms with Gasteiger partial charge in [0.15, 0.2) is 10.8 Å². The number of rotatable bonds is 3. The fourth-order valence-corrected chi connectivity index (χ4v) is 3.84. The number of morpholine rings is 1. The zero-order chi connectivity index (χ0) is 19.0. The van der Waals surface area contributed by atoms with Crippen LogP contribution in [-0.4, -0.2) is 40.6 Å². The first kappa shape index (κ1) is 17.8. The number of fused-ring (bicyclic) bond motifs is 1. The van der Waals surface area contributed by atoms with E-state index < -0.39 is 0 Å². The van der Waals surface area contributed by atoms with Crippen LogP contribution in [0.4, 0.5) is 11.4 Å². The number of carbonyl (C=O) groups is 1. The van der Waals surface area contributed by atoms with E-state index in [4.69, 9.17) is 16.3 Å². The number of benzene rings is 1. The van der Waals surface area contributed by atoms with Gasteiger partial charge in [0.1, 0.15) is 5.65 Å². The quantitative estimate of drug-likeness (QED) is 0.745. The lowest BCUT2D eigenvalue weighted by molar-refractivity contribution is -0.00517. The Morgan fingerprint density at radius 1 is 1.15 bits per heavy atom. The molecule has 1 saturated heterocycles. The topological polar surface area (TPSA) is 58.9 Å². The van der Waals surface area contributed by atoms with Gasteiger partial charge in [-0.15, -0.1) is 0 Å². The van der Waals surface area contributed by atoms with E-state index in [0.29, 0.717) is 11.3 Å². The molecule has 1 aliphatic rings. The number of hydrogen-bond acceptors (Lipinski definition) is 4. The molecule has 3 heterocycles. The fraction of sp³-hybridized carbons (Fsp3) is 0.300. The van der Waals surface area contributed by atoms with Crippen molar-refractivity contribution >= 4 is 34.5 Å². The molecule has 1 aromatic carbocycles. The summed E-state index contributed by atoms with van der Waals surface area (Å²) >= 11 is 6.24. The molecule has 4 rings (SSSR count). The smallest absolute Gasteiger partial charge is 0.275 e. The van der Waals surface area contributed by atoms with Gasteiger partial charge < -0.3 is 15.0 Å². The Bertz CT molecular complexity index is 977. The van der Waals surface area contributed by atoms with Gasteiger partial charge in [0.25, 0.3) is 5.91 Å². The van der Waals surface area contributed by atoms with E-state index in [1.165, 1.54) is 0 Å². The van der Waals surface area contributed by atoms with Crippen molar-refractivity contribution < 1.29 is 9.53 Å². The summed E-state index contributed by atoms with van der Waals surface area (Å²) in [6.07, 6.45) is 2.04. The number of pyridine rings is 1. The van der Waals surface area contributed by atoms with Crippen LogP contribution >= 0.6 is 11.6 Å². The summed E-state index contributed by atoms with van der Waals surface area (Å²) in [5.74, 6) is -0.291. The molecule has 1 fully saturated rings. The standard InChI is InChI=1S/C20H21ClN4O2/c1-13-11-24(12-14(2)27-13)16-8-4-3-7-15(16)22-20(26)18-19(21)23-17-9-5-6-10-25(17)18/h3-10,13-14H,11-12H2,1-2H3,(H,22,26)/t13-,14+. The number of ether oxygens (including phenoxy) is 1. The maximum atomic E-state index is 13.0. The fourth-order valence-electron chi connectivity index (χ4n) is 3.58. The van der Waals surface area contributed by atoms with Crippen LogP contribution in [0, 0.1) is 0 Å². The SMILES string of the molecule is C[C@@H]1CN(c2ccccc2NC(=O)c2c(Cl)nc3ccccn23)C[C@H](C)O1. The molecule has 27 heavy (non-hydrogen) atoms. The highest BCUT2D eigenvalue weighted by Crippen LogP contribution is 2.29. The maximum absolute atomic E-state index is 13.0. The van der Waals surface area contributed by atoms with Crippen LogP contribution < -0.4 is 10.2 Å². The Morgan fingerprint density at radius 3 is 2.63 bits per heavy atom. The van der Waals surface area contributed by atoms with Gasteiger partial charge in [-0.25, -0.2) is 4.98 Å². The molecule has 0 bridgehead atoms. The van der Waals surface area contributed by atoms with Gasteiger partial charge in [0.05, 0.1) is 23.6 Å². The molecule has 7 heteroatoms. The number of amides is 1. The second kappa shape index (κ2) is 7.21. The van der Waals surface area contributed by atoms with Gasteiger partial charge in [0, 0.05) is 19.3 Å². The molecule has 0 saturated carbocycles. The molecule has 2 aromatic heterocycles. The summed E-state index contributed by atoms with van der Waals surface area (Å²) in [6, 6.07) is 13.3. The van der Waals surface area contributed by atoms with Crippen LogP contribution in [0.25, 0.3) is 5.65 Å². The molecule has 0 aliphatic carbocycles. The number of carbonyl (C=O) groups excluding carboxylic acids is 1. The van der Waals surface area contributed by atoms with Crippen LogP contribution in [0.3, 0.4) is 0 Å². The van der Waals surface area contributed by atoms with E-state index in [1.54, 1.807) is 10.6 Å². The number of anilines is 2. The summed E-state index contributed by atoms with van der Waals surface area (Å²) in [7, 11) is 0.